The molecule has 0 bridgehead atoms. The molecule has 170 valence electrons. The van der Waals surface area contributed by atoms with E-state index in [1.54, 1.807) is 0 Å². The van der Waals surface area contributed by atoms with Crippen LogP contribution in [0.15, 0.2) is 0 Å². The van der Waals surface area contributed by atoms with Gasteiger partial charge in [-0.15, -0.1) is 0 Å². The Balaban J connectivity index is 4.04. The standard InChI is InChI=1S/C24H51O3P/c1-4-7-10-13-16-19-22-26-28(25,24-21-18-15-12-9-6-3)27-23-20-17-14-11-8-5-2/h4-24H2,1-3H3. The first kappa shape index (κ1) is 28.1. The van der Waals surface area contributed by atoms with Gasteiger partial charge in [0, 0.05) is 0 Å². The predicted molar refractivity (Wildman–Crippen MR) is 125 cm³/mol. The molecule has 0 amide bonds. The first-order valence-electron chi connectivity index (χ1n) is 12.6. The molecule has 0 radical (unpaired) electrons. The van der Waals surface area contributed by atoms with Crippen LogP contribution in [0.25, 0.3) is 0 Å². The lowest BCUT2D eigenvalue weighted by atomic mass is 10.1. The van der Waals surface area contributed by atoms with E-state index in [9.17, 15) is 4.57 Å². The Kier molecular flexibility index (Phi) is 22.0. The van der Waals surface area contributed by atoms with Crippen LogP contribution >= 0.6 is 7.60 Å². The van der Waals surface area contributed by atoms with E-state index in [1.807, 2.05) is 0 Å². The van der Waals surface area contributed by atoms with Gasteiger partial charge in [-0.3, -0.25) is 4.57 Å². The lowest BCUT2D eigenvalue weighted by molar-refractivity contribution is 0.197. The van der Waals surface area contributed by atoms with Gasteiger partial charge < -0.3 is 9.05 Å². The van der Waals surface area contributed by atoms with Gasteiger partial charge in [0.1, 0.15) is 0 Å². The number of hydrogen-bond acceptors (Lipinski definition) is 3. The minimum absolute atomic E-state index is 0.593. The van der Waals surface area contributed by atoms with Gasteiger partial charge in [0.05, 0.1) is 19.4 Å². The maximum atomic E-state index is 13.1. The zero-order valence-electron chi connectivity index (χ0n) is 19.5. The van der Waals surface area contributed by atoms with Gasteiger partial charge in [-0.25, -0.2) is 0 Å². The molecule has 0 atom stereocenters. The minimum Gasteiger partial charge on any atom is -0.309 e. The van der Waals surface area contributed by atoms with Crippen molar-refractivity contribution in [2.24, 2.45) is 0 Å². The van der Waals surface area contributed by atoms with E-state index in [1.165, 1.54) is 89.9 Å². The van der Waals surface area contributed by atoms with E-state index in [4.69, 9.17) is 9.05 Å². The molecule has 0 aromatic carbocycles. The molecule has 0 saturated carbocycles. The number of rotatable bonds is 23. The highest BCUT2D eigenvalue weighted by atomic mass is 31.2. The molecule has 0 heterocycles. The molecular weight excluding hydrogens is 367 g/mol. The molecule has 0 aromatic rings. The number of hydrogen-bond donors (Lipinski definition) is 0. The van der Waals surface area contributed by atoms with Crippen molar-refractivity contribution in [2.75, 3.05) is 19.4 Å². The van der Waals surface area contributed by atoms with Crippen LogP contribution in [0, 0.1) is 0 Å². The second-order valence-corrected chi connectivity index (χ2v) is 10.5. The molecule has 0 fully saturated rings. The molecule has 0 spiro atoms. The van der Waals surface area contributed by atoms with E-state index in [0.29, 0.717) is 19.4 Å². The first-order chi connectivity index (χ1) is 13.7. The Bertz CT molecular complexity index is 325. The molecular formula is C24H51O3P. The Labute approximate surface area is 177 Å². The molecule has 0 rings (SSSR count). The average Bonchev–Trinajstić information content (AvgIpc) is 2.69. The highest BCUT2D eigenvalue weighted by molar-refractivity contribution is 7.53. The molecule has 4 heteroatoms. The third-order valence-corrected chi connectivity index (χ3v) is 7.37. The maximum absolute atomic E-state index is 13.1. The fourth-order valence-corrected chi connectivity index (χ4v) is 5.18. The van der Waals surface area contributed by atoms with E-state index < -0.39 is 7.60 Å². The summed E-state index contributed by atoms with van der Waals surface area (Å²) in [7, 11) is -2.90. The lowest BCUT2D eigenvalue weighted by Gasteiger charge is -2.19. The average molecular weight is 419 g/mol. The van der Waals surface area contributed by atoms with Gasteiger partial charge in [-0.2, -0.15) is 0 Å². The number of unbranched alkanes of at least 4 members (excludes halogenated alkanes) is 15. The van der Waals surface area contributed by atoms with Crippen LogP contribution in [0.4, 0.5) is 0 Å². The second kappa shape index (κ2) is 21.8. The van der Waals surface area contributed by atoms with Crippen LogP contribution < -0.4 is 0 Å². The molecule has 0 aliphatic carbocycles. The van der Waals surface area contributed by atoms with Crippen molar-refractivity contribution in [3.05, 3.63) is 0 Å². The molecule has 28 heavy (non-hydrogen) atoms. The maximum Gasteiger partial charge on any atom is 0.330 e. The van der Waals surface area contributed by atoms with Crippen LogP contribution in [0.5, 0.6) is 0 Å². The van der Waals surface area contributed by atoms with Crippen LogP contribution in [0.2, 0.25) is 0 Å². The first-order valence-corrected chi connectivity index (χ1v) is 14.3. The summed E-state index contributed by atoms with van der Waals surface area (Å²) < 4.78 is 24.8. The monoisotopic (exact) mass is 418 g/mol. The van der Waals surface area contributed by atoms with Crippen molar-refractivity contribution in [1.29, 1.82) is 0 Å². The van der Waals surface area contributed by atoms with Gasteiger partial charge in [0.15, 0.2) is 0 Å². The quantitative estimate of drug-likeness (QED) is 0.122. The largest absolute Gasteiger partial charge is 0.330 e. The SMILES string of the molecule is CCCCCCCCOP(=O)(CCCCCCCC)OCCCCCCCC. The Hall–Kier alpha value is 0.150. The van der Waals surface area contributed by atoms with Gasteiger partial charge in [0.2, 0.25) is 0 Å². The second-order valence-electron chi connectivity index (χ2n) is 8.30. The normalized spacial score (nSPS) is 12.0. The molecule has 0 saturated heterocycles. The fourth-order valence-electron chi connectivity index (χ4n) is 3.42. The van der Waals surface area contributed by atoms with Crippen LogP contribution in [0.1, 0.15) is 136 Å². The Morgan fingerprint density at radius 1 is 0.464 bits per heavy atom. The summed E-state index contributed by atoms with van der Waals surface area (Å²) in [4.78, 5) is 0. The molecule has 0 aliphatic rings. The summed E-state index contributed by atoms with van der Waals surface area (Å²) >= 11 is 0. The fraction of sp³-hybridized carbons (Fsp3) is 1.00. The smallest absolute Gasteiger partial charge is 0.309 e. The molecule has 0 N–H and O–H groups in total. The Morgan fingerprint density at radius 2 is 0.786 bits per heavy atom. The van der Waals surface area contributed by atoms with Crippen molar-refractivity contribution < 1.29 is 13.6 Å². The lowest BCUT2D eigenvalue weighted by Crippen LogP contribution is -2.04. The van der Waals surface area contributed by atoms with Crippen LogP contribution in [-0.2, 0) is 13.6 Å². The van der Waals surface area contributed by atoms with Crippen molar-refractivity contribution in [1.82, 2.24) is 0 Å². The minimum atomic E-state index is -2.90. The highest BCUT2D eigenvalue weighted by Gasteiger charge is 2.23. The summed E-state index contributed by atoms with van der Waals surface area (Å²) in [6.45, 7) is 7.90. The molecule has 0 aromatic heterocycles. The van der Waals surface area contributed by atoms with Crippen LogP contribution in [0.3, 0.4) is 0 Å². The van der Waals surface area contributed by atoms with Gasteiger partial charge in [-0.05, 0) is 19.3 Å². The van der Waals surface area contributed by atoms with E-state index in [0.717, 1.165) is 25.7 Å². The van der Waals surface area contributed by atoms with Gasteiger partial charge in [0.25, 0.3) is 0 Å². The molecule has 0 unspecified atom stereocenters. The van der Waals surface area contributed by atoms with Gasteiger partial charge in [-0.1, -0.05) is 117 Å². The summed E-state index contributed by atoms with van der Waals surface area (Å²) in [5.74, 6) is 0. The third-order valence-electron chi connectivity index (χ3n) is 5.36. The van der Waals surface area contributed by atoms with E-state index >= 15 is 0 Å². The van der Waals surface area contributed by atoms with Gasteiger partial charge >= 0.3 is 7.60 Å². The topological polar surface area (TPSA) is 35.5 Å². The van der Waals surface area contributed by atoms with Crippen molar-refractivity contribution in [2.45, 2.75) is 136 Å². The van der Waals surface area contributed by atoms with Crippen molar-refractivity contribution >= 4 is 7.60 Å². The zero-order valence-corrected chi connectivity index (χ0v) is 20.4. The predicted octanol–water partition coefficient (Wildman–Crippen LogP) is 9.29. The summed E-state index contributed by atoms with van der Waals surface area (Å²) in [6, 6.07) is 0. The summed E-state index contributed by atoms with van der Waals surface area (Å²) in [6.07, 6.45) is 22.5. The van der Waals surface area contributed by atoms with E-state index in [2.05, 4.69) is 20.8 Å². The zero-order chi connectivity index (χ0) is 20.8. The van der Waals surface area contributed by atoms with Crippen LogP contribution in [-0.4, -0.2) is 19.4 Å². The van der Waals surface area contributed by atoms with E-state index in [-0.39, 0.29) is 0 Å². The van der Waals surface area contributed by atoms with Crippen molar-refractivity contribution in [3.8, 4) is 0 Å². The highest BCUT2D eigenvalue weighted by Crippen LogP contribution is 2.49. The Morgan fingerprint density at radius 3 is 1.18 bits per heavy atom. The summed E-state index contributed by atoms with van der Waals surface area (Å²) in [5.41, 5.74) is 0. The molecule has 0 aliphatic heterocycles. The molecule has 3 nitrogen and oxygen atoms in total. The van der Waals surface area contributed by atoms with Crippen molar-refractivity contribution in [3.63, 3.8) is 0 Å². The summed E-state index contributed by atoms with van der Waals surface area (Å²) in [5, 5.41) is 0. The third kappa shape index (κ3) is 19.5.